The lowest BCUT2D eigenvalue weighted by molar-refractivity contribution is -0.921. The van der Waals surface area contributed by atoms with Crippen molar-refractivity contribution in [3.63, 3.8) is 0 Å². The molecule has 2 N–H and O–H groups in total. The summed E-state index contributed by atoms with van der Waals surface area (Å²) < 4.78 is 21.6. The number of hydrogen-bond donors (Lipinski definition) is 2. The van der Waals surface area contributed by atoms with Gasteiger partial charge in [0.1, 0.15) is 25.4 Å². The Morgan fingerprint density at radius 3 is 2.67 bits per heavy atom. The molecule has 1 saturated heterocycles. The molecule has 2 heterocycles. The molecule has 0 atom stereocenters. The van der Waals surface area contributed by atoms with Crippen molar-refractivity contribution in [2.75, 3.05) is 40.2 Å². The molecule has 2 aliphatic heterocycles. The topological polar surface area (TPSA) is 82.8 Å². The maximum absolute atomic E-state index is 12.5. The summed E-state index contributed by atoms with van der Waals surface area (Å²) in [6.45, 7) is 6.42. The van der Waals surface area contributed by atoms with E-state index in [9.17, 15) is 4.79 Å². The van der Waals surface area contributed by atoms with Gasteiger partial charge in [0.25, 0.3) is 5.91 Å². The fourth-order valence-corrected chi connectivity index (χ4v) is 3.55. The Bertz CT molecular complexity index is 954. The molecular weight excluding hydrogens is 386 g/mol. The number of amides is 1. The van der Waals surface area contributed by atoms with Crippen molar-refractivity contribution in [2.24, 2.45) is 5.10 Å². The molecule has 1 amide bonds. The molecule has 8 heteroatoms. The van der Waals surface area contributed by atoms with Crippen LogP contribution in [0.3, 0.4) is 0 Å². The average molecular weight is 412 g/mol. The van der Waals surface area contributed by atoms with Gasteiger partial charge in [0.05, 0.1) is 26.0 Å². The number of nitrogens with one attached hydrogen (secondary N) is 2. The number of hydrazone groups is 1. The van der Waals surface area contributed by atoms with Gasteiger partial charge < -0.3 is 23.8 Å². The first-order chi connectivity index (χ1) is 14.6. The van der Waals surface area contributed by atoms with Gasteiger partial charge in [-0.25, -0.2) is 5.43 Å². The van der Waals surface area contributed by atoms with Gasteiger partial charge >= 0.3 is 0 Å². The highest BCUT2D eigenvalue weighted by Crippen LogP contribution is 2.32. The molecule has 2 aromatic carbocycles. The Labute approximate surface area is 175 Å². The van der Waals surface area contributed by atoms with Crippen molar-refractivity contribution in [1.82, 2.24) is 5.43 Å². The molecule has 0 bridgehead atoms. The van der Waals surface area contributed by atoms with Crippen LogP contribution >= 0.6 is 0 Å². The van der Waals surface area contributed by atoms with E-state index >= 15 is 0 Å². The molecule has 0 saturated carbocycles. The van der Waals surface area contributed by atoms with Crippen LogP contribution in [0.15, 0.2) is 41.5 Å². The molecule has 0 unspecified atom stereocenters. The number of methoxy groups -OCH3 is 1. The van der Waals surface area contributed by atoms with Crippen LogP contribution in [0.1, 0.15) is 28.4 Å². The molecule has 4 rings (SSSR count). The van der Waals surface area contributed by atoms with E-state index in [-0.39, 0.29) is 12.7 Å². The van der Waals surface area contributed by atoms with E-state index < -0.39 is 0 Å². The third kappa shape index (κ3) is 4.55. The Kier molecular flexibility index (Phi) is 6.15. The highest BCUT2D eigenvalue weighted by molar-refractivity contribution is 6.01. The van der Waals surface area contributed by atoms with Crippen LogP contribution in [0.5, 0.6) is 17.2 Å². The van der Waals surface area contributed by atoms with Crippen LogP contribution in [-0.2, 0) is 11.3 Å². The Morgan fingerprint density at radius 2 is 1.87 bits per heavy atom. The van der Waals surface area contributed by atoms with Crippen LogP contribution in [0, 0.1) is 0 Å². The molecule has 0 aliphatic carbocycles. The predicted octanol–water partition coefficient (Wildman–Crippen LogP) is 0.993. The lowest BCUT2D eigenvalue weighted by Crippen LogP contribution is -3.12. The minimum atomic E-state index is -0.306. The van der Waals surface area contributed by atoms with E-state index in [1.54, 1.807) is 25.3 Å². The van der Waals surface area contributed by atoms with Gasteiger partial charge in [0, 0.05) is 11.1 Å². The third-order valence-electron chi connectivity index (χ3n) is 5.30. The summed E-state index contributed by atoms with van der Waals surface area (Å²) in [5.41, 5.74) is 5.84. The molecule has 0 aromatic heterocycles. The third-order valence-corrected chi connectivity index (χ3v) is 5.30. The zero-order chi connectivity index (χ0) is 20.9. The van der Waals surface area contributed by atoms with Crippen LogP contribution in [-0.4, -0.2) is 51.8 Å². The summed E-state index contributed by atoms with van der Waals surface area (Å²) in [4.78, 5) is 13.9. The lowest BCUT2D eigenvalue weighted by atomic mass is 10.1. The largest absolute Gasteiger partial charge is 0.496 e. The average Bonchev–Trinajstić information content (AvgIpc) is 3.26. The SMILES string of the molecule is COc1ccc(/C(C)=N\NC(=O)c2ccc3c(c2)OCO3)cc1C[NH+]1CCOCC1. The van der Waals surface area contributed by atoms with E-state index in [0.717, 1.165) is 49.7 Å². The van der Waals surface area contributed by atoms with Crippen LogP contribution in [0.4, 0.5) is 0 Å². The van der Waals surface area contributed by atoms with E-state index in [0.29, 0.717) is 22.8 Å². The quantitative estimate of drug-likeness (QED) is 0.546. The maximum Gasteiger partial charge on any atom is 0.271 e. The number of nitrogens with zero attached hydrogens (tertiary/aromatic N) is 1. The van der Waals surface area contributed by atoms with Crippen molar-refractivity contribution in [1.29, 1.82) is 0 Å². The van der Waals surface area contributed by atoms with Gasteiger partial charge in [-0.1, -0.05) is 0 Å². The minimum absolute atomic E-state index is 0.170. The van der Waals surface area contributed by atoms with Crippen molar-refractivity contribution < 1.29 is 28.6 Å². The Hall–Kier alpha value is -3.10. The fourth-order valence-electron chi connectivity index (χ4n) is 3.55. The van der Waals surface area contributed by atoms with Crippen molar-refractivity contribution in [3.05, 3.63) is 53.1 Å². The molecule has 8 nitrogen and oxygen atoms in total. The minimum Gasteiger partial charge on any atom is -0.496 e. The monoisotopic (exact) mass is 412 g/mol. The molecule has 2 aliphatic rings. The van der Waals surface area contributed by atoms with Crippen molar-refractivity contribution in [3.8, 4) is 17.2 Å². The summed E-state index contributed by atoms with van der Waals surface area (Å²) in [6, 6.07) is 11.0. The van der Waals surface area contributed by atoms with Crippen molar-refractivity contribution in [2.45, 2.75) is 13.5 Å². The van der Waals surface area contributed by atoms with Crippen LogP contribution in [0.2, 0.25) is 0 Å². The molecule has 30 heavy (non-hydrogen) atoms. The molecular formula is C22H26N3O5+. The van der Waals surface area contributed by atoms with Gasteiger partial charge in [-0.3, -0.25) is 4.79 Å². The van der Waals surface area contributed by atoms with Gasteiger partial charge in [-0.2, -0.15) is 5.10 Å². The molecule has 158 valence electrons. The molecule has 1 fully saturated rings. The standard InChI is InChI=1S/C22H25N3O5/c1-15(23-24-22(26)17-4-6-20-21(12-17)30-14-29-20)16-3-5-19(27-2)18(11-16)13-25-7-9-28-10-8-25/h3-6,11-12H,7-10,13-14H2,1-2H3,(H,24,26)/p+1/b23-15-. The van der Waals surface area contributed by atoms with Gasteiger partial charge in [0.15, 0.2) is 11.5 Å². The number of hydrogen-bond acceptors (Lipinski definition) is 6. The van der Waals surface area contributed by atoms with Crippen LogP contribution in [0.25, 0.3) is 0 Å². The van der Waals surface area contributed by atoms with E-state index in [1.165, 1.54) is 4.90 Å². The van der Waals surface area contributed by atoms with Crippen molar-refractivity contribution >= 4 is 11.6 Å². The molecule has 0 spiro atoms. The maximum atomic E-state index is 12.5. The van der Waals surface area contributed by atoms with Crippen LogP contribution < -0.4 is 24.5 Å². The number of morpholine rings is 1. The normalized spacial score (nSPS) is 16.4. The molecule has 2 aromatic rings. The number of benzene rings is 2. The number of carbonyl (C=O) groups excluding carboxylic acids is 1. The summed E-state index contributed by atoms with van der Waals surface area (Å²) in [6.07, 6.45) is 0. The highest BCUT2D eigenvalue weighted by Gasteiger charge is 2.18. The van der Waals surface area contributed by atoms with Gasteiger partial charge in [-0.05, 0) is 48.9 Å². The summed E-state index contributed by atoms with van der Waals surface area (Å²) in [7, 11) is 1.68. The first kappa shape index (κ1) is 20.2. The first-order valence-corrected chi connectivity index (χ1v) is 9.97. The van der Waals surface area contributed by atoms with Gasteiger partial charge in [-0.15, -0.1) is 0 Å². The second-order valence-electron chi connectivity index (χ2n) is 7.27. The smallest absolute Gasteiger partial charge is 0.271 e. The van der Waals surface area contributed by atoms with Gasteiger partial charge in [0.2, 0.25) is 6.79 Å². The number of ether oxygens (including phenoxy) is 4. The van der Waals surface area contributed by atoms with E-state index in [4.69, 9.17) is 18.9 Å². The zero-order valence-electron chi connectivity index (χ0n) is 17.2. The second-order valence-corrected chi connectivity index (χ2v) is 7.27. The zero-order valence-corrected chi connectivity index (χ0v) is 17.2. The number of rotatable bonds is 6. The summed E-state index contributed by atoms with van der Waals surface area (Å²) >= 11 is 0. The predicted molar refractivity (Wildman–Crippen MR) is 110 cm³/mol. The lowest BCUT2D eigenvalue weighted by Gasteiger charge is -2.24. The first-order valence-electron chi connectivity index (χ1n) is 9.97. The fraction of sp³-hybridized carbons (Fsp3) is 0.364. The summed E-state index contributed by atoms with van der Waals surface area (Å²) in [5, 5.41) is 4.29. The second kappa shape index (κ2) is 9.15. The number of carbonyl (C=O) groups is 1. The van der Waals surface area contributed by atoms with E-state index in [2.05, 4.69) is 16.6 Å². The highest BCUT2D eigenvalue weighted by atomic mass is 16.7. The Balaban J connectivity index is 1.46. The van der Waals surface area contributed by atoms with E-state index in [1.807, 2.05) is 19.1 Å². The Morgan fingerprint density at radius 1 is 1.10 bits per heavy atom. The molecule has 0 radical (unpaired) electrons. The summed E-state index contributed by atoms with van der Waals surface area (Å²) in [5.74, 6) is 1.75. The number of fused-ring (bicyclic) bond motifs is 1. The number of quaternary nitrogens is 1.